The Labute approximate surface area is 108 Å². The zero-order valence-electron chi connectivity index (χ0n) is 11.1. The van der Waals surface area contributed by atoms with E-state index in [-0.39, 0.29) is 0 Å². The number of nitrogens with one attached hydrogen (secondary N) is 2. The number of hydrogen-bond acceptors (Lipinski definition) is 6. The lowest BCUT2D eigenvalue weighted by atomic mass is 10.3. The van der Waals surface area contributed by atoms with Crippen molar-refractivity contribution in [1.82, 2.24) is 15.0 Å². The molecule has 6 nitrogen and oxygen atoms in total. The van der Waals surface area contributed by atoms with Crippen LogP contribution in [0.2, 0.25) is 0 Å². The molecule has 0 atom stereocenters. The molecule has 0 bridgehead atoms. The van der Waals surface area contributed by atoms with E-state index < -0.39 is 0 Å². The molecule has 2 N–H and O–H groups in total. The van der Waals surface area contributed by atoms with Crippen LogP contribution < -0.4 is 15.4 Å². The van der Waals surface area contributed by atoms with E-state index in [9.17, 15) is 0 Å². The summed E-state index contributed by atoms with van der Waals surface area (Å²) >= 11 is 0. The van der Waals surface area contributed by atoms with Crippen molar-refractivity contribution >= 4 is 11.9 Å². The lowest BCUT2D eigenvalue weighted by Gasteiger charge is -2.09. The Morgan fingerprint density at radius 2 is 1.83 bits per heavy atom. The normalized spacial score (nSPS) is 14.3. The lowest BCUT2D eigenvalue weighted by Crippen LogP contribution is -2.11. The van der Waals surface area contributed by atoms with E-state index in [1.165, 1.54) is 19.3 Å². The highest BCUT2D eigenvalue weighted by Gasteiger charge is 2.20. The minimum Gasteiger partial charge on any atom is -0.464 e. The molecule has 0 aromatic carbocycles. The summed E-state index contributed by atoms with van der Waals surface area (Å²) in [7, 11) is 0. The first kappa shape index (κ1) is 12.9. The molecule has 1 fully saturated rings. The molecule has 0 saturated heterocycles. The van der Waals surface area contributed by atoms with E-state index in [0.717, 1.165) is 19.0 Å². The van der Waals surface area contributed by atoms with Crippen LogP contribution in [-0.4, -0.2) is 34.6 Å². The summed E-state index contributed by atoms with van der Waals surface area (Å²) in [5, 5.41) is 6.31. The van der Waals surface area contributed by atoms with Gasteiger partial charge in [-0.25, -0.2) is 0 Å². The van der Waals surface area contributed by atoms with Gasteiger partial charge in [-0.05, 0) is 26.2 Å². The van der Waals surface area contributed by atoms with E-state index in [1.54, 1.807) is 0 Å². The Morgan fingerprint density at radius 1 is 1.11 bits per heavy atom. The van der Waals surface area contributed by atoms with Gasteiger partial charge in [0.05, 0.1) is 6.61 Å². The second kappa shape index (κ2) is 6.37. The molecule has 0 spiro atoms. The molecule has 1 aliphatic rings. The largest absolute Gasteiger partial charge is 0.464 e. The lowest BCUT2D eigenvalue weighted by molar-refractivity contribution is 0.312. The van der Waals surface area contributed by atoms with Crippen molar-refractivity contribution < 1.29 is 4.74 Å². The Balaban J connectivity index is 1.96. The summed E-state index contributed by atoms with van der Waals surface area (Å²) in [6.07, 6.45) is 3.92. The fraction of sp³-hybridized carbons (Fsp3) is 0.750. The van der Waals surface area contributed by atoms with Gasteiger partial charge in [-0.15, -0.1) is 0 Å². The molecular weight excluding hydrogens is 230 g/mol. The van der Waals surface area contributed by atoms with E-state index in [0.29, 0.717) is 24.5 Å². The van der Waals surface area contributed by atoms with Crippen molar-refractivity contribution in [3.8, 4) is 6.01 Å². The number of nitrogens with zero attached hydrogens (tertiary/aromatic N) is 3. The third-order valence-corrected chi connectivity index (χ3v) is 2.76. The number of aromatic nitrogens is 3. The van der Waals surface area contributed by atoms with Gasteiger partial charge in [0.1, 0.15) is 0 Å². The summed E-state index contributed by atoms with van der Waals surface area (Å²) in [6, 6.07) is 0.373. The average Bonchev–Trinajstić information content (AvgIpc) is 3.14. The SMILES string of the molecule is CCNc1nc(NCCC2CC2)nc(OCC)n1. The molecule has 100 valence electrons. The standard InChI is InChI=1S/C12H21N5O/c1-3-13-10-15-11(14-8-7-9-5-6-9)17-12(16-10)18-4-2/h9H,3-8H2,1-2H3,(H2,13,14,15,16,17). The molecule has 1 heterocycles. The van der Waals surface area contributed by atoms with Crippen LogP contribution in [0.5, 0.6) is 6.01 Å². The van der Waals surface area contributed by atoms with Crippen LogP contribution in [0.3, 0.4) is 0 Å². The second-order valence-electron chi connectivity index (χ2n) is 4.39. The first-order chi connectivity index (χ1) is 8.81. The third-order valence-electron chi connectivity index (χ3n) is 2.76. The molecule has 6 heteroatoms. The van der Waals surface area contributed by atoms with Crippen molar-refractivity contribution in [3.05, 3.63) is 0 Å². The molecule has 1 aliphatic carbocycles. The van der Waals surface area contributed by atoms with Crippen molar-refractivity contribution in [1.29, 1.82) is 0 Å². The Hall–Kier alpha value is -1.59. The van der Waals surface area contributed by atoms with Crippen molar-refractivity contribution in [3.63, 3.8) is 0 Å². The smallest absolute Gasteiger partial charge is 0.323 e. The fourth-order valence-corrected chi connectivity index (χ4v) is 1.66. The van der Waals surface area contributed by atoms with Crippen LogP contribution in [0.15, 0.2) is 0 Å². The first-order valence-electron chi connectivity index (χ1n) is 6.68. The van der Waals surface area contributed by atoms with Crippen molar-refractivity contribution in [2.75, 3.05) is 30.3 Å². The molecule has 18 heavy (non-hydrogen) atoms. The van der Waals surface area contributed by atoms with Crippen LogP contribution >= 0.6 is 0 Å². The van der Waals surface area contributed by atoms with Gasteiger partial charge in [-0.2, -0.15) is 15.0 Å². The van der Waals surface area contributed by atoms with Gasteiger partial charge in [0.25, 0.3) is 0 Å². The van der Waals surface area contributed by atoms with Crippen molar-refractivity contribution in [2.24, 2.45) is 5.92 Å². The fourth-order valence-electron chi connectivity index (χ4n) is 1.66. The molecule has 1 aromatic heterocycles. The maximum atomic E-state index is 5.33. The van der Waals surface area contributed by atoms with Gasteiger partial charge >= 0.3 is 6.01 Å². The van der Waals surface area contributed by atoms with Crippen LogP contribution in [0.1, 0.15) is 33.1 Å². The monoisotopic (exact) mass is 251 g/mol. The molecule has 0 aliphatic heterocycles. The zero-order chi connectivity index (χ0) is 12.8. The Morgan fingerprint density at radius 3 is 2.44 bits per heavy atom. The number of anilines is 2. The molecule has 0 amide bonds. The van der Waals surface area contributed by atoms with Gasteiger partial charge in [0.2, 0.25) is 11.9 Å². The predicted octanol–water partition coefficient (Wildman–Crippen LogP) is 1.91. The highest BCUT2D eigenvalue weighted by Crippen LogP contribution is 2.32. The van der Waals surface area contributed by atoms with E-state index in [2.05, 4.69) is 25.6 Å². The van der Waals surface area contributed by atoms with Crippen molar-refractivity contribution in [2.45, 2.75) is 33.1 Å². The van der Waals surface area contributed by atoms with E-state index in [1.807, 2.05) is 13.8 Å². The minimum absolute atomic E-state index is 0.373. The second-order valence-corrected chi connectivity index (χ2v) is 4.39. The zero-order valence-corrected chi connectivity index (χ0v) is 11.1. The van der Waals surface area contributed by atoms with E-state index >= 15 is 0 Å². The van der Waals surface area contributed by atoms with Gasteiger partial charge < -0.3 is 15.4 Å². The maximum absolute atomic E-state index is 5.33. The summed E-state index contributed by atoms with van der Waals surface area (Å²) < 4.78 is 5.33. The van der Waals surface area contributed by atoms with Crippen LogP contribution in [0.25, 0.3) is 0 Å². The first-order valence-corrected chi connectivity index (χ1v) is 6.68. The molecular formula is C12H21N5O. The predicted molar refractivity (Wildman–Crippen MR) is 71.0 cm³/mol. The molecule has 0 radical (unpaired) electrons. The third kappa shape index (κ3) is 4.01. The number of rotatable bonds is 8. The summed E-state index contributed by atoms with van der Waals surface area (Å²) in [4.78, 5) is 12.7. The Bertz CT molecular complexity index is 356. The minimum atomic E-state index is 0.373. The van der Waals surface area contributed by atoms with Crippen LogP contribution in [-0.2, 0) is 0 Å². The number of hydrogen-bond donors (Lipinski definition) is 2. The highest BCUT2D eigenvalue weighted by atomic mass is 16.5. The summed E-state index contributed by atoms with van der Waals surface area (Å²) in [5.41, 5.74) is 0. The van der Waals surface area contributed by atoms with Crippen LogP contribution in [0, 0.1) is 5.92 Å². The van der Waals surface area contributed by atoms with Gasteiger partial charge in [0.15, 0.2) is 0 Å². The average molecular weight is 251 g/mol. The van der Waals surface area contributed by atoms with Gasteiger partial charge in [-0.3, -0.25) is 0 Å². The molecule has 1 aromatic rings. The highest BCUT2D eigenvalue weighted by molar-refractivity contribution is 5.35. The number of ether oxygens (including phenoxy) is 1. The van der Waals surface area contributed by atoms with E-state index in [4.69, 9.17) is 4.74 Å². The van der Waals surface area contributed by atoms with Crippen LogP contribution in [0.4, 0.5) is 11.9 Å². The quantitative estimate of drug-likeness (QED) is 0.735. The maximum Gasteiger partial charge on any atom is 0.323 e. The van der Waals surface area contributed by atoms with Gasteiger partial charge in [0, 0.05) is 13.1 Å². The molecule has 1 saturated carbocycles. The Kier molecular flexibility index (Phi) is 4.55. The summed E-state index contributed by atoms with van der Waals surface area (Å²) in [5.74, 6) is 2.05. The summed E-state index contributed by atoms with van der Waals surface area (Å²) in [6.45, 7) is 6.15. The topological polar surface area (TPSA) is 72.0 Å². The molecule has 2 rings (SSSR count). The van der Waals surface area contributed by atoms with Gasteiger partial charge in [-0.1, -0.05) is 12.8 Å². The molecule has 0 unspecified atom stereocenters.